The topological polar surface area (TPSA) is 110 Å². The largest absolute Gasteiger partial charge is 0.491 e. The fourth-order valence-corrected chi connectivity index (χ4v) is 1.97. The van der Waals surface area contributed by atoms with Gasteiger partial charge < -0.3 is 9.47 Å². The number of anilines is 1. The number of hydrogen-bond donors (Lipinski definition) is 0. The first-order valence-electron chi connectivity index (χ1n) is 7.17. The summed E-state index contributed by atoms with van der Waals surface area (Å²) in [6, 6.07) is 4.22. The molecule has 0 saturated carbocycles. The number of nitro benzene ring substituents is 1. The molecule has 1 aromatic carbocycles. The molecule has 1 amide bonds. The number of nitro groups is 1. The first-order chi connectivity index (χ1) is 11.3. The molecule has 0 N–H and O–H groups in total. The van der Waals surface area contributed by atoms with E-state index in [0.717, 1.165) is 5.01 Å². The Hall–Kier alpha value is -2.75. The van der Waals surface area contributed by atoms with Gasteiger partial charge in [-0.05, 0) is 16.5 Å². The first kappa shape index (κ1) is 17.6. The fraction of sp³-hybridized carbons (Fsp3) is 0.500. The van der Waals surface area contributed by atoms with Gasteiger partial charge in [-0.3, -0.25) is 14.9 Å². The highest BCUT2D eigenvalue weighted by molar-refractivity contribution is 5.62. The summed E-state index contributed by atoms with van der Waals surface area (Å²) in [7, 11) is 2.98. The van der Waals surface area contributed by atoms with Crippen LogP contribution in [-0.2, 0) is 9.53 Å². The van der Waals surface area contributed by atoms with Crippen molar-refractivity contribution in [3.63, 3.8) is 0 Å². The number of benzene rings is 1. The second kappa shape index (κ2) is 7.21. The van der Waals surface area contributed by atoms with Crippen LogP contribution in [0.25, 0.3) is 0 Å². The van der Waals surface area contributed by atoms with E-state index in [1.807, 2.05) is 6.92 Å². The Labute approximate surface area is 138 Å². The predicted molar refractivity (Wildman–Crippen MR) is 84.6 cm³/mol. The van der Waals surface area contributed by atoms with Crippen LogP contribution in [0.5, 0.6) is 5.75 Å². The zero-order chi connectivity index (χ0) is 17.7. The number of hydrogen-bond acceptors (Lipinski definition) is 7. The number of amides is 1. The third-order valence-electron chi connectivity index (χ3n) is 3.45. The van der Waals surface area contributed by atoms with Crippen molar-refractivity contribution >= 4 is 17.8 Å². The third kappa shape index (κ3) is 4.16. The zero-order valence-electron chi connectivity index (χ0n) is 13.7. The van der Waals surface area contributed by atoms with E-state index in [1.165, 1.54) is 30.3 Å². The van der Waals surface area contributed by atoms with E-state index in [2.05, 4.69) is 10.4 Å². The Morgan fingerprint density at radius 2 is 2.12 bits per heavy atom. The average Bonchev–Trinajstić information content (AvgIpc) is 2.55. The Kier molecular flexibility index (Phi) is 5.29. The van der Waals surface area contributed by atoms with Crippen molar-refractivity contribution in [2.24, 2.45) is 15.9 Å². The molecule has 1 aromatic rings. The molecule has 130 valence electrons. The van der Waals surface area contributed by atoms with Crippen LogP contribution < -0.4 is 9.75 Å². The van der Waals surface area contributed by atoms with Crippen molar-refractivity contribution in [2.45, 2.75) is 6.92 Å². The van der Waals surface area contributed by atoms with E-state index < -0.39 is 4.92 Å². The van der Waals surface area contributed by atoms with Crippen LogP contribution in [0, 0.1) is 15.5 Å². The van der Waals surface area contributed by atoms with Gasteiger partial charge in [-0.2, -0.15) is 0 Å². The van der Waals surface area contributed by atoms with Crippen LogP contribution in [0.15, 0.2) is 28.6 Å². The molecule has 0 spiro atoms. The van der Waals surface area contributed by atoms with Crippen molar-refractivity contribution in [3.05, 3.63) is 28.3 Å². The molecule has 2 rings (SSSR count). The maximum absolute atomic E-state index is 11.0. The lowest BCUT2D eigenvalue weighted by Crippen LogP contribution is -2.44. The molecule has 1 aliphatic heterocycles. The van der Waals surface area contributed by atoms with Crippen LogP contribution in [0.2, 0.25) is 0 Å². The van der Waals surface area contributed by atoms with E-state index in [1.54, 1.807) is 7.05 Å². The molecule has 10 heteroatoms. The highest BCUT2D eigenvalue weighted by Crippen LogP contribution is 2.34. The van der Waals surface area contributed by atoms with Gasteiger partial charge in [0, 0.05) is 31.6 Å². The van der Waals surface area contributed by atoms with Crippen LogP contribution in [0.4, 0.5) is 11.4 Å². The van der Waals surface area contributed by atoms with Gasteiger partial charge in [0.1, 0.15) is 11.4 Å². The second-order valence-corrected chi connectivity index (χ2v) is 5.88. The summed E-state index contributed by atoms with van der Waals surface area (Å²) in [4.78, 5) is 21.0. The normalized spacial score (nSPS) is 15.6. The van der Waals surface area contributed by atoms with Gasteiger partial charge >= 0.3 is 0 Å². The standard InChI is InChI=1S/C14H19N5O5/c1-14(7-23-8-14)9-24-13-5-4-11(19(21)22)6-12(13)18(3)16-15-17(2)10-20/h4-6,10H,7-9H2,1-3H3/b16-15-. The van der Waals surface area contributed by atoms with Crippen LogP contribution >= 0.6 is 0 Å². The number of rotatable bonds is 8. The van der Waals surface area contributed by atoms with Gasteiger partial charge in [-0.1, -0.05) is 6.92 Å². The minimum atomic E-state index is -0.503. The van der Waals surface area contributed by atoms with Crippen LogP contribution in [0.1, 0.15) is 6.92 Å². The molecule has 0 radical (unpaired) electrons. The third-order valence-corrected chi connectivity index (χ3v) is 3.45. The van der Waals surface area contributed by atoms with Crippen molar-refractivity contribution < 1.29 is 19.2 Å². The molecule has 0 atom stereocenters. The Morgan fingerprint density at radius 3 is 2.67 bits per heavy atom. The minimum absolute atomic E-state index is 0.0725. The number of non-ortho nitro benzene ring substituents is 1. The summed E-state index contributed by atoms with van der Waals surface area (Å²) in [5, 5.41) is 20.7. The minimum Gasteiger partial charge on any atom is -0.491 e. The predicted octanol–water partition coefficient (Wildman–Crippen LogP) is 1.82. The van der Waals surface area contributed by atoms with Gasteiger partial charge in [0.2, 0.25) is 6.41 Å². The molecule has 1 heterocycles. The second-order valence-electron chi connectivity index (χ2n) is 5.88. The van der Waals surface area contributed by atoms with E-state index in [-0.39, 0.29) is 11.1 Å². The van der Waals surface area contributed by atoms with Crippen molar-refractivity contribution in [1.82, 2.24) is 5.01 Å². The Morgan fingerprint density at radius 1 is 1.42 bits per heavy atom. The van der Waals surface area contributed by atoms with E-state index in [4.69, 9.17) is 9.47 Å². The maximum Gasteiger partial charge on any atom is 0.271 e. The van der Waals surface area contributed by atoms with E-state index in [9.17, 15) is 14.9 Å². The number of ether oxygens (including phenoxy) is 2. The van der Waals surface area contributed by atoms with Crippen molar-refractivity contribution in [3.8, 4) is 5.75 Å². The van der Waals surface area contributed by atoms with E-state index in [0.29, 0.717) is 37.7 Å². The summed E-state index contributed by atoms with van der Waals surface area (Å²) in [5.41, 5.74) is 0.203. The Bertz CT molecular complexity index is 646. The van der Waals surface area contributed by atoms with Gasteiger partial charge in [0.05, 0.1) is 24.7 Å². The van der Waals surface area contributed by atoms with Gasteiger partial charge in [-0.25, -0.2) is 10.0 Å². The molecular weight excluding hydrogens is 318 g/mol. The molecule has 1 aliphatic rings. The van der Waals surface area contributed by atoms with Crippen LogP contribution in [0.3, 0.4) is 0 Å². The number of carbonyl (C=O) groups excluding carboxylic acids is 1. The molecule has 1 fully saturated rings. The summed E-state index contributed by atoms with van der Waals surface area (Å²) in [6.45, 7) is 3.66. The average molecular weight is 337 g/mol. The van der Waals surface area contributed by atoms with Gasteiger partial charge in [-0.15, -0.1) is 0 Å². The molecule has 10 nitrogen and oxygen atoms in total. The monoisotopic (exact) mass is 337 g/mol. The number of carbonyl (C=O) groups is 1. The molecule has 0 aromatic heterocycles. The zero-order valence-corrected chi connectivity index (χ0v) is 13.7. The summed E-state index contributed by atoms with van der Waals surface area (Å²) >= 11 is 0. The Balaban J connectivity index is 2.23. The van der Waals surface area contributed by atoms with Gasteiger partial charge in [0.15, 0.2) is 0 Å². The molecule has 1 saturated heterocycles. The lowest BCUT2D eigenvalue weighted by molar-refractivity contribution is -0.384. The molecule has 0 unspecified atom stereocenters. The smallest absolute Gasteiger partial charge is 0.271 e. The molecule has 0 aliphatic carbocycles. The quantitative estimate of drug-likeness (QED) is 0.310. The fourth-order valence-electron chi connectivity index (χ4n) is 1.97. The maximum atomic E-state index is 11.0. The van der Waals surface area contributed by atoms with Gasteiger partial charge in [0.25, 0.3) is 5.69 Å². The highest BCUT2D eigenvalue weighted by Gasteiger charge is 2.34. The lowest BCUT2D eigenvalue weighted by Gasteiger charge is -2.37. The first-order valence-corrected chi connectivity index (χ1v) is 7.17. The van der Waals surface area contributed by atoms with Crippen LogP contribution in [-0.4, -0.2) is 50.3 Å². The molecular formula is C14H19N5O5. The lowest BCUT2D eigenvalue weighted by atomic mass is 9.90. The van der Waals surface area contributed by atoms with E-state index >= 15 is 0 Å². The SMILES string of the molecule is CN(C=O)/N=N\N(C)c1cc([N+](=O)[O-])ccc1OCC1(C)COC1. The summed E-state index contributed by atoms with van der Waals surface area (Å²) < 4.78 is 11.0. The highest BCUT2D eigenvalue weighted by atomic mass is 16.6. The molecule has 24 heavy (non-hydrogen) atoms. The van der Waals surface area contributed by atoms with Crippen molar-refractivity contribution in [2.75, 3.05) is 38.9 Å². The summed E-state index contributed by atoms with van der Waals surface area (Å²) in [6.07, 6.45) is 0.486. The molecule has 0 bridgehead atoms. The summed E-state index contributed by atoms with van der Waals surface area (Å²) in [5.74, 6) is 0.434. The number of nitrogens with zero attached hydrogens (tertiary/aromatic N) is 5. The van der Waals surface area contributed by atoms with Crippen molar-refractivity contribution in [1.29, 1.82) is 0 Å².